The molecule has 0 unspecified atom stereocenters. The summed E-state index contributed by atoms with van der Waals surface area (Å²) >= 11 is 7.54. The molecule has 4 nitrogen and oxygen atoms in total. The van der Waals surface area contributed by atoms with E-state index < -0.39 is 0 Å². The van der Waals surface area contributed by atoms with Crippen LogP contribution in [-0.2, 0) is 0 Å². The molecule has 0 spiro atoms. The van der Waals surface area contributed by atoms with Crippen LogP contribution in [0.2, 0.25) is 5.28 Å². The van der Waals surface area contributed by atoms with Gasteiger partial charge in [0.1, 0.15) is 10.6 Å². The van der Waals surface area contributed by atoms with Crippen LogP contribution in [-0.4, -0.2) is 27.7 Å². The van der Waals surface area contributed by atoms with Crippen molar-refractivity contribution in [1.29, 1.82) is 0 Å². The maximum atomic E-state index is 9.26. The molecule has 3 rings (SSSR count). The zero-order valence-corrected chi connectivity index (χ0v) is 11.6. The van der Waals surface area contributed by atoms with Crippen LogP contribution >= 0.6 is 22.9 Å². The fraction of sp³-hybridized carbons (Fsp3) is 0.500. The van der Waals surface area contributed by atoms with Crippen molar-refractivity contribution in [2.24, 2.45) is 5.92 Å². The van der Waals surface area contributed by atoms with Gasteiger partial charge in [0.25, 0.3) is 0 Å². The molecule has 0 atom stereocenters. The first-order valence-electron chi connectivity index (χ1n) is 5.97. The number of aromatic nitrogens is 2. The van der Waals surface area contributed by atoms with Crippen molar-refractivity contribution in [3.63, 3.8) is 0 Å². The molecule has 0 saturated heterocycles. The first-order chi connectivity index (χ1) is 8.61. The largest absolute Gasteiger partial charge is 0.393 e. The van der Waals surface area contributed by atoms with Crippen molar-refractivity contribution in [3.8, 4) is 0 Å². The third kappa shape index (κ3) is 2.30. The second-order valence-electron chi connectivity index (χ2n) is 4.79. The van der Waals surface area contributed by atoms with Gasteiger partial charge < -0.3 is 10.4 Å². The maximum Gasteiger partial charge on any atom is 0.225 e. The molecule has 1 aliphatic carbocycles. The Balaban J connectivity index is 1.81. The highest BCUT2D eigenvalue weighted by Crippen LogP contribution is 2.31. The Kier molecular flexibility index (Phi) is 3.13. The molecule has 2 N–H and O–H groups in total. The highest BCUT2D eigenvalue weighted by atomic mass is 35.5. The molecular weight excluding hydrogens is 270 g/mol. The number of nitrogens with zero attached hydrogens (tertiary/aromatic N) is 2. The van der Waals surface area contributed by atoms with E-state index in [9.17, 15) is 5.11 Å². The Hall–Kier alpha value is -0.910. The van der Waals surface area contributed by atoms with Crippen LogP contribution in [0, 0.1) is 12.8 Å². The van der Waals surface area contributed by atoms with Gasteiger partial charge in [-0.25, -0.2) is 9.97 Å². The molecule has 0 aliphatic heterocycles. The first-order valence-corrected chi connectivity index (χ1v) is 7.17. The fourth-order valence-corrected chi connectivity index (χ4v) is 3.36. The van der Waals surface area contributed by atoms with E-state index >= 15 is 0 Å². The Bertz CT molecular complexity index is 580. The van der Waals surface area contributed by atoms with Crippen molar-refractivity contribution >= 4 is 39.0 Å². The lowest BCUT2D eigenvalue weighted by molar-refractivity contribution is 0.0486. The van der Waals surface area contributed by atoms with E-state index in [1.165, 1.54) is 4.88 Å². The summed E-state index contributed by atoms with van der Waals surface area (Å²) in [5, 5.41) is 13.9. The van der Waals surface area contributed by atoms with E-state index in [1.807, 2.05) is 6.92 Å². The second-order valence-corrected chi connectivity index (χ2v) is 6.36. The molecule has 2 aromatic rings. The molecular formula is C12H14ClN3OS. The Morgan fingerprint density at radius 3 is 3.00 bits per heavy atom. The molecule has 18 heavy (non-hydrogen) atoms. The Morgan fingerprint density at radius 1 is 1.50 bits per heavy atom. The van der Waals surface area contributed by atoms with E-state index in [0.29, 0.717) is 5.92 Å². The average Bonchev–Trinajstić information content (AvgIpc) is 2.62. The number of halogens is 1. The van der Waals surface area contributed by atoms with Gasteiger partial charge in [0, 0.05) is 11.4 Å². The minimum atomic E-state index is -0.116. The van der Waals surface area contributed by atoms with Crippen LogP contribution in [0.3, 0.4) is 0 Å². The van der Waals surface area contributed by atoms with Gasteiger partial charge in [-0.15, -0.1) is 11.3 Å². The van der Waals surface area contributed by atoms with Crippen molar-refractivity contribution in [2.45, 2.75) is 25.9 Å². The number of rotatable bonds is 3. The number of anilines is 1. The zero-order chi connectivity index (χ0) is 12.7. The predicted molar refractivity (Wildman–Crippen MR) is 74.4 cm³/mol. The minimum Gasteiger partial charge on any atom is -0.393 e. The molecule has 0 aromatic carbocycles. The van der Waals surface area contributed by atoms with Crippen LogP contribution in [0.5, 0.6) is 0 Å². The molecule has 0 bridgehead atoms. The van der Waals surface area contributed by atoms with Crippen LogP contribution in [0.15, 0.2) is 6.07 Å². The highest BCUT2D eigenvalue weighted by Gasteiger charge is 2.27. The number of hydrogen-bond donors (Lipinski definition) is 2. The topological polar surface area (TPSA) is 58.0 Å². The third-order valence-electron chi connectivity index (χ3n) is 3.26. The molecule has 0 radical (unpaired) electrons. The lowest BCUT2D eigenvalue weighted by Gasteiger charge is -2.31. The molecule has 1 saturated carbocycles. The van der Waals surface area contributed by atoms with Crippen molar-refractivity contribution in [3.05, 3.63) is 16.2 Å². The van der Waals surface area contributed by atoms with Gasteiger partial charge in [-0.05, 0) is 43.4 Å². The van der Waals surface area contributed by atoms with Gasteiger partial charge in [0.15, 0.2) is 0 Å². The van der Waals surface area contributed by atoms with Gasteiger partial charge in [-0.1, -0.05) is 0 Å². The SMILES string of the molecule is Cc1cc2c(NCC3CC(O)C3)nc(Cl)nc2s1. The van der Waals surface area contributed by atoms with Crippen LogP contribution in [0.1, 0.15) is 17.7 Å². The van der Waals surface area contributed by atoms with E-state index in [-0.39, 0.29) is 11.4 Å². The third-order valence-corrected chi connectivity index (χ3v) is 4.37. The number of aliphatic hydroxyl groups excluding tert-OH is 1. The van der Waals surface area contributed by atoms with Crippen LogP contribution in [0.4, 0.5) is 5.82 Å². The lowest BCUT2D eigenvalue weighted by Crippen LogP contribution is -2.33. The summed E-state index contributed by atoms with van der Waals surface area (Å²) < 4.78 is 0. The quantitative estimate of drug-likeness (QED) is 0.851. The van der Waals surface area contributed by atoms with Crippen molar-refractivity contribution < 1.29 is 5.11 Å². The molecule has 6 heteroatoms. The van der Waals surface area contributed by atoms with Crippen molar-refractivity contribution in [1.82, 2.24) is 9.97 Å². The van der Waals surface area contributed by atoms with Crippen LogP contribution in [0.25, 0.3) is 10.2 Å². The Morgan fingerprint density at radius 2 is 2.28 bits per heavy atom. The standard InChI is InChI=1S/C12H14ClN3OS/c1-6-2-9-10(14-5-7-3-8(17)4-7)15-12(13)16-11(9)18-6/h2,7-8,17H,3-5H2,1H3,(H,14,15,16). The summed E-state index contributed by atoms with van der Waals surface area (Å²) in [7, 11) is 0. The summed E-state index contributed by atoms with van der Waals surface area (Å²) in [5.41, 5.74) is 0. The Labute approximate surface area is 114 Å². The molecule has 1 aliphatic rings. The van der Waals surface area contributed by atoms with Gasteiger partial charge in [0.2, 0.25) is 5.28 Å². The lowest BCUT2D eigenvalue weighted by atomic mass is 9.82. The van der Waals surface area contributed by atoms with Crippen LogP contribution < -0.4 is 5.32 Å². The highest BCUT2D eigenvalue weighted by molar-refractivity contribution is 7.18. The number of aryl methyl sites for hydroxylation is 1. The number of thiophene rings is 1. The number of nitrogens with one attached hydrogen (secondary N) is 1. The number of hydrogen-bond acceptors (Lipinski definition) is 5. The summed E-state index contributed by atoms with van der Waals surface area (Å²) in [6.07, 6.45) is 1.63. The van der Waals surface area contributed by atoms with Crippen molar-refractivity contribution in [2.75, 3.05) is 11.9 Å². The number of fused-ring (bicyclic) bond motifs is 1. The van der Waals surface area contributed by atoms with E-state index in [0.717, 1.165) is 35.4 Å². The van der Waals surface area contributed by atoms with E-state index in [2.05, 4.69) is 21.4 Å². The summed E-state index contributed by atoms with van der Waals surface area (Å²) in [5.74, 6) is 1.33. The first kappa shape index (κ1) is 12.1. The summed E-state index contributed by atoms with van der Waals surface area (Å²) in [6, 6.07) is 2.08. The number of aliphatic hydroxyl groups is 1. The monoisotopic (exact) mass is 283 g/mol. The smallest absolute Gasteiger partial charge is 0.225 e. The molecule has 2 aromatic heterocycles. The van der Waals surface area contributed by atoms with E-state index in [1.54, 1.807) is 11.3 Å². The maximum absolute atomic E-state index is 9.26. The molecule has 96 valence electrons. The molecule has 1 fully saturated rings. The molecule has 0 amide bonds. The predicted octanol–water partition coefficient (Wildman–Crippen LogP) is 2.84. The van der Waals surface area contributed by atoms with E-state index in [4.69, 9.17) is 11.6 Å². The minimum absolute atomic E-state index is 0.116. The van der Waals surface area contributed by atoms with Gasteiger partial charge in [0.05, 0.1) is 11.5 Å². The fourth-order valence-electron chi connectivity index (χ4n) is 2.26. The summed E-state index contributed by atoms with van der Waals surface area (Å²) in [4.78, 5) is 10.6. The van der Waals surface area contributed by atoms with Gasteiger partial charge in [-0.2, -0.15) is 0 Å². The normalized spacial score (nSPS) is 23.1. The van der Waals surface area contributed by atoms with Gasteiger partial charge >= 0.3 is 0 Å². The molecule has 2 heterocycles. The van der Waals surface area contributed by atoms with Gasteiger partial charge in [-0.3, -0.25) is 0 Å². The average molecular weight is 284 g/mol. The summed E-state index contributed by atoms with van der Waals surface area (Å²) in [6.45, 7) is 2.88. The zero-order valence-electron chi connectivity index (χ0n) is 9.98. The second kappa shape index (κ2) is 4.64.